The molecule has 0 radical (unpaired) electrons. The number of carbonyl (C=O) groups excluding carboxylic acids is 1. The minimum Gasteiger partial charge on any atom is -0.391 e. The molecule has 2 aromatic heterocycles. The smallest absolute Gasteiger partial charge is 0.391 e. The molecule has 1 amide bonds. The maximum Gasteiger partial charge on any atom is 0.408 e. The first kappa shape index (κ1) is 26.5. The second-order valence-electron chi connectivity index (χ2n) is 9.74. The van der Waals surface area contributed by atoms with Crippen LogP contribution in [0.3, 0.4) is 0 Å². The van der Waals surface area contributed by atoms with Crippen molar-refractivity contribution >= 4 is 22.8 Å². The molecule has 2 atom stereocenters. The number of hydrogen-bond donors (Lipinski definition) is 2. The number of nitrogens with one attached hydrogen (secondary N) is 1. The zero-order valence-corrected chi connectivity index (χ0v) is 20.2. The lowest BCUT2D eigenvalue weighted by Crippen LogP contribution is -2.46. The number of fused-ring (bicyclic) bond motifs is 1. The standard InChI is InChI=1S/C25H25F5N4O3/c1-4-18(25(28,29)30)31-23(37)15-10-34(17-7-5-13(26)9-16(17)27)22-14(21(15)36)6-8-20(32-22)33-11-19(35)24(2,3)12-33/h5-10,18-19,35H,4,11-12H2,1-3H3,(H,31,37). The van der Waals surface area contributed by atoms with Crippen LogP contribution >= 0.6 is 0 Å². The van der Waals surface area contributed by atoms with Crippen molar-refractivity contribution in [3.63, 3.8) is 0 Å². The molecule has 0 spiro atoms. The lowest BCUT2D eigenvalue weighted by atomic mass is 9.90. The number of halogens is 5. The maximum absolute atomic E-state index is 14.8. The van der Waals surface area contributed by atoms with Gasteiger partial charge in [0.1, 0.15) is 29.1 Å². The largest absolute Gasteiger partial charge is 0.408 e. The maximum atomic E-state index is 14.8. The molecule has 1 aliphatic heterocycles. The van der Waals surface area contributed by atoms with Crippen LogP contribution in [-0.2, 0) is 0 Å². The van der Waals surface area contributed by atoms with E-state index < -0.39 is 58.7 Å². The summed E-state index contributed by atoms with van der Waals surface area (Å²) in [7, 11) is 0. The highest BCUT2D eigenvalue weighted by atomic mass is 19.4. The van der Waals surface area contributed by atoms with Crippen LogP contribution in [0.2, 0.25) is 0 Å². The third kappa shape index (κ3) is 5.02. The van der Waals surface area contributed by atoms with Crippen molar-refractivity contribution in [1.82, 2.24) is 14.9 Å². The van der Waals surface area contributed by atoms with Gasteiger partial charge in [0.2, 0.25) is 5.43 Å². The van der Waals surface area contributed by atoms with E-state index in [-0.39, 0.29) is 23.3 Å². The quantitative estimate of drug-likeness (QED) is 0.494. The summed E-state index contributed by atoms with van der Waals surface area (Å²) in [4.78, 5) is 32.2. The van der Waals surface area contributed by atoms with Crippen molar-refractivity contribution in [3.05, 3.63) is 63.9 Å². The first-order valence-corrected chi connectivity index (χ1v) is 11.6. The average Bonchev–Trinajstić information content (AvgIpc) is 3.09. The van der Waals surface area contributed by atoms with E-state index in [0.29, 0.717) is 18.4 Å². The minimum absolute atomic E-state index is 0.0911. The molecule has 1 aliphatic rings. The Kier molecular flexibility index (Phi) is 6.74. The summed E-state index contributed by atoms with van der Waals surface area (Å²) in [6.45, 7) is 5.65. The van der Waals surface area contributed by atoms with E-state index in [0.717, 1.165) is 22.9 Å². The number of aliphatic hydroxyl groups excluding tert-OH is 1. The van der Waals surface area contributed by atoms with Gasteiger partial charge in [0.05, 0.1) is 17.2 Å². The Bertz CT molecular complexity index is 1420. The van der Waals surface area contributed by atoms with Crippen LogP contribution in [0.4, 0.5) is 27.8 Å². The van der Waals surface area contributed by atoms with Gasteiger partial charge in [-0.25, -0.2) is 13.8 Å². The Labute approximate surface area is 208 Å². The van der Waals surface area contributed by atoms with Crippen molar-refractivity contribution in [2.45, 2.75) is 45.5 Å². The number of aliphatic hydroxyl groups is 1. The number of anilines is 1. The van der Waals surface area contributed by atoms with Gasteiger partial charge in [0, 0.05) is 30.8 Å². The normalized spacial score (nSPS) is 18.3. The Hall–Kier alpha value is -3.54. The Morgan fingerprint density at radius 3 is 2.51 bits per heavy atom. The summed E-state index contributed by atoms with van der Waals surface area (Å²) in [5, 5.41) is 12.0. The SMILES string of the molecule is CCC(NC(=O)c1cn(-c2ccc(F)cc2F)c2nc(N3CC(O)C(C)(C)C3)ccc2c1=O)C(F)(F)F. The summed E-state index contributed by atoms with van der Waals surface area (Å²) in [6, 6.07) is 3.25. The summed E-state index contributed by atoms with van der Waals surface area (Å²) < 4.78 is 69.2. The third-order valence-electron chi connectivity index (χ3n) is 6.58. The molecular formula is C25H25F5N4O3. The van der Waals surface area contributed by atoms with Crippen molar-refractivity contribution in [2.75, 3.05) is 18.0 Å². The van der Waals surface area contributed by atoms with Crippen LogP contribution in [-0.4, -0.2) is 52.0 Å². The predicted octanol–water partition coefficient (Wildman–Crippen LogP) is 3.94. The van der Waals surface area contributed by atoms with Gasteiger partial charge in [-0.3, -0.25) is 14.2 Å². The van der Waals surface area contributed by atoms with Gasteiger partial charge in [-0.15, -0.1) is 0 Å². The number of alkyl halides is 3. The van der Waals surface area contributed by atoms with Crippen LogP contribution in [0.5, 0.6) is 0 Å². The number of β-amino-alcohol motifs (C(OH)–C–C–N with tert-alkyl or cyclic N) is 1. The zero-order chi connectivity index (χ0) is 27.3. The van der Waals surface area contributed by atoms with E-state index >= 15 is 0 Å². The average molecular weight is 524 g/mol. The monoisotopic (exact) mass is 524 g/mol. The highest BCUT2D eigenvalue weighted by Crippen LogP contribution is 2.33. The lowest BCUT2D eigenvalue weighted by molar-refractivity contribution is -0.153. The van der Waals surface area contributed by atoms with Crippen molar-refractivity contribution in [1.29, 1.82) is 0 Å². The molecule has 0 aliphatic carbocycles. The molecule has 3 aromatic rings. The van der Waals surface area contributed by atoms with Gasteiger partial charge in [0.25, 0.3) is 5.91 Å². The molecule has 7 nitrogen and oxygen atoms in total. The van der Waals surface area contributed by atoms with E-state index in [2.05, 4.69) is 4.98 Å². The Morgan fingerprint density at radius 1 is 1.24 bits per heavy atom. The topological polar surface area (TPSA) is 87.5 Å². The van der Waals surface area contributed by atoms with Crippen LogP contribution in [0.15, 0.2) is 41.3 Å². The second kappa shape index (κ2) is 9.40. The molecule has 37 heavy (non-hydrogen) atoms. The summed E-state index contributed by atoms with van der Waals surface area (Å²) >= 11 is 0. The van der Waals surface area contributed by atoms with Gasteiger partial charge in [-0.05, 0) is 30.7 Å². The number of nitrogens with zero attached hydrogens (tertiary/aromatic N) is 3. The Morgan fingerprint density at radius 2 is 1.95 bits per heavy atom. The van der Waals surface area contributed by atoms with Crippen LogP contribution in [0.1, 0.15) is 37.6 Å². The molecule has 1 saturated heterocycles. The van der Waals surface area contributed by atoms with Crippen LogP contribution in [0, 0.1) is 17.0 Å². The molecule has 12 heteroatoms. The number of benzene rings is 1. The van der Waals surface area contributed by atoms with Gasteiger partial charge >= 0.3 is 6.18 Å². The fraction of sp³-hybridized carbons (Fsp3) is 0.400. The Balaban J connectivity index is 1.90. The van der Waals surface area contributed by atoms with E-state index in [1.807, 2.05) is 19.2 Å². The highest BCUT2D eigenvalue weighted by molar-refractivity contribution is 5.97. The van der Waals surface area contributed by atoms with E-state index in [1.165, 1.54) is 19.1 Å². The molecule has 1 fully saturated rings. The van der Waals surface area contributed by atoms with E-state index in [4.69, 9.17) is 0 Å². The van der Waals surface area contributed by atoms with Crippen LogP contribution in [0.25, 0.3) is 16.7 Å². The van der Waals surface area contributed by atoms with Crippen LogP contribution < -0.4 is 15.6 Å². The summed E-state index contributed by atoms with van der Waals surface area (Å²) in [5.74, 6) is -2.85. The summed E-state index contributed by atoms with van der Waals surface area (Å²) in [6.07, 6.45) is -4.97. The first-order chi connectivity index (χ1) is 17.2. The fourth-order valence-electron chi connectivity index (χ4n) is 4.33. The van der Waals surface area contributed by atoms with Crippen molar-refractivity contribution < 1.29 is 31.9 Å². The third-order valence-corrected chi connectivity index (χ3v) is 6.58. The lowest BCUT2D eigenvalue weighted by Gasteiger charge is -2.22. The fourth-order valence-corrected chi connectivity index (χ4v) is 4.33. The molecule has 1 aromatic carbocycles. The molecule has 2 unspecified atom stereocenters. The molecular weight excluding hydrogens is 499 g/mol. The van der Waals surface area contributed by atoms with Crippen molar-refractivity contribution in [3.8, 4) is 5.69 Å². The van der Waals surface area contributed by atoms with Gasteiger partial charge < -0.3 is 15.3 Å². The highest BCUT2D eigenvalue weighted by Gasteiger charge is 2.40. The van der Waals surface area contributed by atoms with Gasteiger partial charge in [-0.2, -0.15) is 13.2 Å². The predicted molar refractivity (Wildman–Crippen MR) is 127 cm³/mol. The number of rotatable bonds is 5. The molecule has 0 bridgehead atoms. The number of hydrogen-bond acceptors (Lipinski definition) is 5. The van der Waals surface area contributed by atoms with E-state index in [9.17, 15) is 36.6 Å². The summed E-state index contributed by atoms with van der Waals surface area (Å²) in [5.41, 5.74) is -2.37. The van der Waals surface area contributed by atoms with E-state index in [1.54, 1.807) is 4.90 Å². The number of carbonyl (C=O) groups is 1. The second-order valence-corrected chi connectivity index (χ2v) is 9.74. The number of pyridine rings is 2. The molecule has 2 N–H and O–H groups in total. The molecule has 198 valence electrons. The molecule has 0 saturated carbocycles. The molecule has 4 rings (SSSR count). The number of aromatic nitrogens is 2. The van der Waals surface area contributed by atoms with Gasteiger partial charge in [0.15, 0.2) is 5.65 Å². The first-order valence-electron chi connectivity index (χ1n) is 11.6. The van der Waals surface area contributed by atoms with Crippen molar-refractivity contribution in [2.24, 2.45) is 5.41 Å². The van der Waals surface area contributed by atoms with Gasteiger partial charge in [-0.1, -0.05) is 20.8 Å². The molecule has 3 heterocycles. The minimum atomic E-state index is -4.74. The number of amides is 1. The zero-order valence-electron chi connectivity index (χ0n) is 20.2.